The molecule has 0 bridgehead atoms. The largest absolute Gasteiger partial charge is 0.484 e. The van der Waals surface area contributed by atoms with E-state index in [1.165, 1.54) is 33.5 Å². The van der Waals surface area contributed by atoms with Gasteiger partial charge in [0.15, 0.2) is 12.4 Å². The molecule has 7 nitrogen and oxygen atoms in total. The Morgan fingerprint density at radius 2 is 1.82 bits per heavy atom. The van der Waals surface area contributed by atoms with Crippen LogP contribution in [0.5, 0.6) is 5.75 Å². The molecule has 168 valence electrons. The maximum atomic E-state index is 13.4. The number of likely N-dealkylation sites (N-methyl/N-ethyl adjacent to an activating group) is 1. The molecule has 0 saturated heterocycles. The third-order valence-electron chi connectivity index (χ3n) is 4.92. The first kappa shape index (κ1) is 22.3. The van der Waals surface area contributed by atoms with E-state index in [2.05, 4.69) is 10.2 Å². The molecule has 0 fully saturated rings. The predicted octanol–water partition coefficient (Wildman–Crippen LogP) is 4.13. The lowest BCUT2D eigenvalue weighted by Crippen LogP contribution is -2.31. The topological polar surface area (TPSA) is 86.3 Å². The zero-order chi connectivity index (χ0) is 23.2. The first-order valence-corrected chi connectivity index (χ1v) is 11.1. The van der Waals surface area contributed by atoms with Crippen molar-refractivity contribution in [3.63, 3.8) is 0 Å². The van der Waals surface area contributed by atoms with Gasteiger partial charge in [-0.3, -0.25) is 4.79 Å². The van der Waals surface area contributed by atoms with Crippen molar-refractivity contribution in [3.8, 4) is 17.1 Å². The average molecular weight is 464 g/mol. The maximum absolute atomic E-state index is 13.4. The van der Waals surface area contributed by atoms with Crippen LogP contribution in [0.25, 0.3) is 11.4 Å². The van der Waals surface area contributed by atoms with Gasteiger partial charge in [0.05, 0.1) is 0 Å². The third-order valence-corrected chi connectivity index (χ3v) is 5.93. The Morgan fingerprint density at radius 1 is 1.06 bits per heavy atom. The monoisotopic (exact) mass is 463 g/mol. The molecule has 1 amide bonds. The molecule has 0 atom stereocenters. The first-order valence-electron chi connectivity index (χ1n) is 10.1. The van der Waals surface area contributed by atoms with Crippen LogP contribution in [0.3, 0.4) is 0 Å². The summed E-state index contributed by atoms with van der Waals surface area (Å²) in [7, 11) is 1.58. The van der Waals surface area contributed by atoms with E-state index in [-0.39, 0.29) is 12.5 Å². The van der Waals surface area contributed by atoms with Crippen LogP contribution in [0.2, 0.25) is 0 Å². The van der Waals surface area contributed by atoms with Crippen LogP contribution in [0.15, 0.2) is 84.0 Å². The van der Waals surface area contributed by atoms with Crippen molar-refractivity contribution >= 4 is 23.4 Å². The lowest BCUT2D eigenvalue weighted by atomic mass is 10.2. The molecule has 0 aliphatic carbocycles. The molecular formula is C24H22FN5O2S. The highest BCUT2D eigenvalue weighted by molar-refractivity contribution is 7.98. The highest BCUT2D eigenvalue weighted by Crippen LogP contribution is 2.25. The number of nitrogen functional groups attached to an aromatic ring is 1. The molecule has 33 heavy (non-hydrogen) atoms. The fourth-order valence-corrected chi connectivity index (χ4v) is 3.87. The number of carbonyl (C=O) groups excluding carboxylic acids is 1. The third kappa shape index (κ3) is 5.50. The second-order valence-corrected chi connectivity index (χ2v) is 8.14. The fraction of sp³-hybridized carbons (Fsp3) is 0.125. The second-order valence-electron chi connectivity index (χ2n) is 7.20. The molecule has 1 aromatic heterocycles. The minimum Gasteiger partial charge on any atom is -0.484 e. The van der Waals surface area contributed by atoms with Crippen molar-refractivity contribution in [2.45, 2.75) is 10.9 Å². The maximum Gasteiger partial charge on any atom is 0.264 e. The van der Waals surface area contributed by atoms with Crippen LogP contribution in [0.1, 0.15) is 5.56 Å². The van der Waals surface area contributed by atoms with E-state index in [0.29, 0.717) is 28.2 Å². The lowest BCUT2D eigenvalue weighted by molar-refractivity contribution is -0.120. The summed E-state index contributed by atoms with van der Waals surface area (Å²) in [6.45, 7) is -0.153. The van der Waals surface area contributed by atoms with E-state index in [1.54, 1.807) is 31.3 Å². The number of amides is 1. The number of anilines is 1. The van der Waals surface area contributed by atoms with E-state index < -0.39 is 5.82 Å². The summed E-state index contributed by atoms with van der Waals surface area (Å²) in [4.78, 5) is 13.7. The fourth-order valence-electron chi connectivity index (χ4n) is 3.06. The van der Waals surface area contributed by atoms with Gasteiger partial charge in [0.2, 0.25) is 5.16 Å². The number of carbonyl (C=O) groups is 1. The van der Waals surface area contributed by atoms with Crippen molar-refractivity contribution < 1.29 is 13.9 Å². The van der Waals surface area contributed by atoms with Crippen LogP contribution < -0.4 is 15.5 Å². The molecule has 0 radical (unpaired) electrons. The highest BCUT2D eigenvalue weighted by Gasteiger charge is 2.13. The summed E-state index contributed by atoms with van der Waals surface area (Å²) < 4.78 is 20.4. The summed E-state index contributed by atoms with van der Waals surface area (Å²) in [6, 6.07) is 22.9. The average Bonchev–Trinajstić information content (AvgIpc) is 3.22. The van der Waals surface area contributed by atoms with E-state index in [4.69, 9.17) is 10.6 Å². The second kappa shape index (κ2) is 10.2. The molecular weight excluding hydrogens is 441 g/mol. The molecule has 3 aromatic carbocycles. The lowest BCUT2D eigenvalue weighted by Gasteiger charge is -2.17. The molecule has 0 saturated carbocycles. The quantitative estimate of drug-likeness (QED) is 0.312. The van der Waals surface area contributed by atoms with Gasteiger partial charge < -0.3 is 15.5 Å². The molecule has 9 heteroatoms. The van der Waals surface area contributed by atoms with E-state index in [1.807, 2.05) is 42.5 Å². The SMILES string of the molecule is CN(C(=O)COc1ccc(CSc2nnc(-c3ccccc3)n2N)cc1)c1cccc(F)c1. The summed E-state index contributed by atoms with van der Waals surface area (Å²) >= 11 is 1.47. The zero-order valence-corrected chi connectivity index (χ0v) is 18.7. The summed E-state index contributed by atoms with van der Waals surface area (Å²) in [5, 5.41) is 8.98. The minimum absolute atomic E-state index is 0.153. The van der Waals surface area contributed by atoms with Crippen molar-refractivity contribution in [3.05, 3.63) is 90.2 Å². The van der Waals surface area contributed by atoms with E-state index in [9.17, 15) is 9.18 Å². The zero-order valence-electron chi connectivity index (χ0n) is 17.9. The number of thioether (sulfide) groups is 1. The number of nitrogens with two attached hydrogens (primary N) is 1. The van der Waals surface area contributed by atoms with Gasteiger partial charge in [0.1, 0.15) is 11.6 Å². The Kier molecular flexibility index (Phi) is 6.89. The van der Waals surface area contributed by atoms with Gasteiger partial charge in [-0.15, -0.1) is 10.2 Å². The molecule has 4 aromatic rings. The number of ether oxygens (including phenoxy) is 1. The molecule has 0 aliphatic heterocycles. The Labute approximate surface area is 195 Å². The first-order chi connectivity index (χ1) is 16.0. The molecule has 0 spiro atoms. The normalized spacial score (nSPS) is 10.7. The predicted molar refractivity (Wildman–Crippen MR) is 127 cm³/mol. The number of rotatable bonds is 8. The summed E-state index contributed by atoms with van der Waals surface area (Å²) in [6.07, 6.45) is 0. The molecule has 0 aliphatic rings. The Balaban J connectivity index is 1.30. The van der Waals surface area contributed by atoms with Crippen LogP contribution >= 0.6 is 11.8 Å². The van der Waals surface area contributed by atoms with Crippen molar-refractivity contribution in [2.24, 2.45) is 0 Å². The van der Waals surface area contributed by atoms with Gasteiger partial charge >= 0.3 is 0 Å². The Hall–Kier alpha value is -3.85. The minimum atomic E-state index is -0.397. The number of hydrogen-bond acceptors (Lipinski definition) is 6. The van der Waals surface area contributed by atoms with Crippen molar-refractivity contribution in [2.75, 3.05) is 24.4 Å². The van der Waals surface area contributed by atoms with Crippen molar-refractivity contribution in [1.82, 2.24) is 14.9 Å². The van der Waals surface area contributed by atoms with Gasteiger partial charge in [-0.1, -0.05) is 60.3 Å². The van der Waals surface area contributed by atoms with Gasteiger partial charge in [-0.2, -0.15) is 0 Å². The Morgan fingerprint density at radius 3 is 2.55 bits per heavy atom. The van der Waals surface area contributed by atoms with Crippen LogP contribution in [-0.2, 0) is 10.5 Å². The van der Waals surface area contributed by atoms with Crippen molar-refractivity contribution in [1.29, 1.82) is 0 Å². The molecule has 1 heterocycles. The van der Waals surface area contributed by atoms with Crippen LogP contribution in [0, 0.1) is 5.82 Å². The number of hydrogen-bond donors (Lipinski definition) is 1. The van der Waals surface area contributed by atoms with Crippen LogP contribution in [0.4, 0.5) is 10.1 Å². The number of aromatic nitrogens is 3. The van der Waals surface area contributed by atoms with Gasteiger partial charge in [0, 0.05) is 24.1 Å². The number of benzene rings is 3. The Bertz CT molecular complexity index is 1230. The standard InChI is InChI=1S/C24H22FN5O2S/c1-29(20-9-5-8-19(25)14-20)22(31)15-32-21-12-10-17(11-13-21)16-33-24-28-27-23(30(24)26)18-6-3-2-4-7-18/h2-14H,15-16,26H2,1H3. The summed E-state index contributed by atoms with van der Waals surface area (Å²) in [5.74, 6) is 7.30. The molecule has 0 unspecified atom stereocenters. The van der Waals surface area contributed by atoms with E-state index >= 15 is 0 Å². The smallest absolute Gasteiger partial charge is 0.264 e. The number of halogens is 1. The van der Waals surface area contributed by atoms with E-state index in [0.717, 1.165) is 11.1 Å². The highest BCUT2D eigenvalue weighted by atomic mass is 32.2. The van der Waals surface area contributed by atoms with Crippen LogP contribution in [-0.4, -0.2) is 34.4 Å². The molecule has 4 rings (SSSR count). The number of nitrogens with zero attached hydrogens (tertiary/aromatic N) is 4. The van der Waals surface area contributed by atoms with Gasteiger partial charge in [-0.05, 0) is 35.9 Å². The summed E-state index contributed by atoms with van der Waals surface area (Å²) in [5.41, 5.74) is 2.41. The van der Waals surface area contributed by atoms with Gasteiger partial charge in [-0.25, -0.2) is 9.07 Å². The molecule has 2 N–H and O–H groups in total. The van der Waals surface area contributed by atoms with Gasteiger partial charge in [0.25, 0.3) is 5.91 Å².